The van der Waals surface area contributed by atoms with E-state index >= 15 is 4.39 Å². The molecule has 0 bridgehead atoms. The van der Waals surface area contributed by atoms with Gasteiger partial charge < -0.3 is 9.64 Å². The number of allylic oxidation sites excluding steroid dienone is 1. The Labute approximate surface area is 246 Å². The Morgan fingerprint density at radius 3 is 2.63 bits per heavy atom. The van der Waals surface area contributed by atoms with Gasteiger partial charge in [-0.15, -0.1) is 21.5 Å². The van der Waals surface area contributed by atoms with Gasteiger partial charge in [0.1, 0.15) is 27.3 Å². The lowest BCUT2D eigenvalue weighted by Gasteiger charge is -2.39. The molecule has 1 aliphatic heterocycles. The van der Waals surface area contributed by atoms with Gasteiger partial charge in [-0.05, 0) is 82.2 Å². The number of likely N-dealkylation sites (tertiary alicyclic amines) is 1. The maximum Gasteiger partial charge on any atom is 0.410 e. The fourth-order valence-electron chi connectivity index (χ4n) is 4.92. The van der Waals surface area contributed by atoms with Crippen LogP contribution in [0.4, 0.5) is 15.0 Å². The van der Waals surface area contributed by atoms with Crippen molar-refractivity contribution < 1.29 is 18.7 Å². The number of carbonyl (C=O) groups is 2. The molecule has 0 aliphatic carbocycles. The van der Waals surface area contributed by atoms with Gasteiger partial charge in [0.25, 0.3) is 5.91 Å². The molecule has 0 radical (unpaired) electrons. The number of hydrogen-bond acceptors (Lipinski definition) is 8. The number of halogens is 1. The minimum absolute atomic E-state index is 0.0877. The van der Waals surface area contributed by atoms with E-state index < -0.39 is 29.5 Å². The highest BCUT2D eigenvalue weighted by molar-refractivity contribution is 7.17. The summed E-state index contributed by atoms with van der Waals surface area (Å²) < 4.78 is 22.2. The first kappa shape index (κ1) is 28.8. The van der Waals surface area contributed by atoms with E-state index in [9.17, 15) is 9.59 Å². The predicted molar refractivity (Wildman–Crippen MR) is 162 cm³/mol. The Kier molecular flexibility index (Phi) is 7.93. The van der Waals surface area contributed by atoms with E-state index in [0.29, 0.717) is 35.8 Å². The van der Waals surface area contributed by atoms with Crippen molar-refractivity contribution >= 4 is 56.2 Å². The molecule has 2 amide bonds. The highest BCUT2D eigenvalue weighted by Crippen LogP contribution is 2.38. The number of anilines is 1. The molecule has 0 saturated carbocycles. The summed E-state index contributed by atoms with van der Waals surface area (Å²) in [6.45, 7) is 14.0. The molecule has 1 saturated heterocycles. The van der Waals surface area contributed by atoms with Crippen LogP contribution >= 0.6 is 22.7 Å². The SMILES string of the molecule is C=C(C)c1csc2ccnc(N(C(=O)c3ccc(-c4nnc(C)s4)cc3F)[C@@H]3CCCN(C(=O)OC(C)(C)C)C3)c12. The van der Waals surface area contributed by atoms with Gasteiger partial charge >= 0.3 is 6.09 Å². The molecule has 0 unspecified atom stereocenters. The van der Waals surface area contributed by atoms with Gasteiger partial charge in [0.15, 0.2) is 0 Å². The molecule has 1 atom stereocenters. The van der Waals surface area contributed by atoms with Crippen LogP contribution in [0.1, 0.15) is 61.5 Å². The van der Waals surface area contributed by atoms with Gasteiger partial charge in [-0.25, -0.2) is 14.2 Å². The van der Waals surface area contributed by atoms with Crippen molar-refractivity contribution in [3.63, 3.8) is 0 Å². The van der Waals surface area contributed by atoms with E-state index in [-0.39, 0.29) is 12.1 Å². The molecule has 5 rings (SSSR count). The molecule has 1 aromatic carbocycles. The molecule has 4 aromatic rings. The Bertz CT molecular complexity index is 1640. The largest absolute Gasteiger partial charge is 0.444 e. The molecule has 0 N–H and O–H groups in total. The number of thiophene rings is 1. The van der Waals surface area contributed by atoms with Crippen LogP contribution in [0.25, 0.3) is 26.2 Å². The standard InChI is InChI=1S/C30H32FN5O3S2/c1-17(2)22-16-40-24-11-12-32-26(25(22)24)36(20-8-7-13-35(15-20)29(38)39-30(4,5)6)28(37)21-10-9-19(14-23(21)31)27-34-33-18(3)41-27/h9-12,14,16,20H,1,7-8,13,15H2,2-6H3/t20-/m1/s1. The molecular weight excluding hydrogens is 561 g/mol. The molecule has 1 aliphatic rings. The number of fused-ring (bicyclic) bond motifs is 1. The highest BCUT2D eigenvalue weighted by atomic mass is 32.1. The minimum Gasteiger partial charge on any atom is -0.444 e. The van der Waals surface area contributed by atoms with E-state index in [0.717, 1.165) is 26.2 Å². The summed E-state index contributed by atoms with van der Waals surface area (Å²) in [4.78, 5) is 35.2. The number of amides is 2. The zero-order valence-corrected chi connectivity index (χ0v) is 25.4. The number of ether oxygens (including phenoxy) is 1. The third-order valence-corrected chi connectivity index (χ3v) is 8.59. The summed E-state index contributed by atoms with van der Waals surface area (Å²) >= 11 is 2.89. The van der Waals surface area contributed by atoms with Crippen LogP contribution in [0, 0.1) is 12.7 Å². The number of rotatable bonds is 5. The predicted octanol–water partition coefficient (Wildman–Crippen LogP) is 7.34. The number of hydrogen-bond donors (Lipinski definition) is 0. The summed E-state index contributed by atoms with van der Waals surface area (Å²) in [6, 6.07) is 5.92. The average Bonchev–Trinajstić information content (AvgIpc) is 3.55. The van der Waals surface area contributed by atoms with Crippen molar-refractivity contribution in [2.75, 3.05) is 18.0 Å². The van der Waals surface area contributed by atoms with Crippen LogP contribution in [0.5, 0.6) is 0 Å². The van der Waals surface area contributed by atoms with Crippen molar-refractivity contribution in [3.05, 3.63) is 64.4 Å². The van der Waals surface area contributed by atoms with Crippen molar-refractivity contribution in [2.45, 2.75) is 59.1 Å². The molecule has 8 nitrogen and oxygen atoms in total. The maximum atomic E-state index is 15.7. The van der Waals surface area contributed by atoms with Crippen molar-refractivity contribution in [1.29, 1.82) is 0 Å². The van der Waals surface area contributed by atoms with Gasteiger partial charge in [0.2, 0.25) is 0 Å². The summed E-state index contributed by atoms with van der Waals surface area (Å²) in [5.74, 6) is -0.772. The molecule has 1 fully saturated rings. The Morgan fingerprint density at radius 1 is 1.20 bits per heavy atom. The van der Waals surface area contributed by atoms with E-state index in [4.69, 9.17) is 4.74 Å². The second-order valence-corrected chi connectivity index (χ2v) is 13.2. The quantitative estimate of drug-likeness (QED) is 0.241. The first-order valence-corrected chi connectivity index (χ1v) is 15.1. The zero-order chi connectivity index (χ0) is 29.5. The number of pyridine rings is 1. The van der Waals surface area contributed by atoms with E-state index in [1.165, 1.54) is 34.8 Å². The molecule has 214 valence electrons. The normalized spacial score (nSPS) is 15.7. The first-order chi connectivity index (χ1) is 19.4. The van der Waals surface area contributed by atoms with Gasteiger partial charge in [0.05, 0.1) is 11.6 Å². The van der Waals surface area contributed by atoms with E-state index in [1.54, 1.807) is 22.1 Å². The number of aromatic nitrogens is 3. The molecular formula is C30H32FN5O3S2. The summed E-state index contributed by atoms with van der Waals surface area (Å²) in [7, 11) is 0. The topological polar surface area (TPSA) is 88.5 Å². The van der Waals surface area contributed by atoms with Gasteiger partial charge in [0, 0.05) is 34.9 Å². The van der Waals surface area contributed by atoms with Crippen LogP contribution in [0.2, 0.25) is 0 Å². The number of aryl methyl sites for hydroxylation is 1. The highest BCUT2D eigenvalue weighted by Gasteiger charge is 2.36. The van der Waals surface area contributed by atoms with Gasteiger partial charge in [-0.1, -0.05) is 24.0 Å². The van der Waals surface area contributed by atoms with Gasteiger partial charge in [-0.3, -0.25) is 9.69 Å². The van der Waals surface area contributed by atoms with E-state index in [2.05, 4.69) is 21.8 Å². The minimum atomic E-state index is -0.664. The van der Waals surface area contributed by atoms with Crippen molar-refractivity contribution in [1.82, 2.24) is 20.1 Å². The number of benzene rings is 1. The second-order valence-electron chi connectivity index (χ2n) is 11.2. The monoisotopic (exact) mass is 593 g/mol. The van der Waals surface area contributed by atoms with E-state index in [1.807, 2.05) is 46.1 Å². The van der Waals surface area contributed by atoms with Crippen LogP contribution in [0.15, 0.2) is 42.4 Å². The number of piperidine rings is 1. The average molecular weight is 594 g/mol. The first-order valence-electron chi connectivity index (χ1n) is 13.4. The Balaban J connectivity index is 1.59. The smallest absolute Gasteiger partial charge is 0.410 e. The third kappa shape index (κ3) is 6.01. The lowest BCUT2D eigenvalue weighted by molar-refractivity contribution is 0.0196. The fourth-order valence-corrected chi connectivity index (χ4v) is 6.63. The summed E-state index contributed by atoms with van der Waals surface area (Å²) in [5, 5.41) is 12.2. The lowest BCUT2D eigenvalue weighted by atomic mass is 10.0. The lowest BCUT2D eigenvalue weighted by Crippen LogP contribution is -2.53. The van der Waals surface area contributed by atoms with Gasteiger partial charge in [-0.2, -0.15) is 0 Å². The number of carbonyl (C=O) groups excluding carboxylic acids is 2. The maximum absolute atomic E-state index is 15.7. The molecule has 11 heteroatoms. The number of nitrogens with zero attached hydrogens (tertiary/aromatic N) is 5. The third-order valence-electron chi connectivity index (χ3n) is 6.76. The Morgan fingerprint density at radius 2 is 1.98 bits per heavy atom. The Hall–Kier alpha value is -3.70. The molecule has 4 heterocycles. The van der Waals surface area contributed by atoms with Crippen LogP contribution in [-0.2, 0) is 4.74 Å². The molecule has 41 heavy (non-hydrogen) atoms. The molecule has 3 aromatic heterocycles. The van der Waals surface area contributed by atoms with Crippen molar-refractivity contribution in [2.24, 2.45) is 0 Å². The van der Waals surface area contributed by atoms with Crippen molar-refractivity contribution in [3.8, 4) is 10.6 Å². The van der Waals surface area contributed by atoms with Crippen LogP contribution in [0.3, 0.4) is 0 Å². The zero-order valence-electron chi connectivity index (χ0n) is 23.7. The summed E-state index contributed by atoms with van der Waals surface area (Å²) in [6.07, 6.45) is 2.47. The second kappa shape index (κ2) is 11.3. The molecule has 0 spiro atoms. The fraction of sp³-hybridized carbons (Fsp3) is 0.367. The van der Waals surface area contributed by atoms with Crippen LogP contribution < -0.4 is 4.90 Å². The summed E-state index contributed by atoms with van der Waals surface area (Å²) in [5.41, 5.74) is 1.52. The van der Waals surface area contributed by atoms with Crippen LogP contribution in [-0.4, -0.2) is 56.8 Å².